The second-order valence-corrected chi connectivity index (χ2v) is 15.3. The van der Waals surface area contributed by atoms with Gasteiger partial charge in [0.25, 0.3) is 0 Å². The lowest BCUT2D eigenvalue weighted by atomic mass is 9.64. The quantitative estimate of drug-likeness (QED) is 0.217. The highest BCUT2D eigenvalue weighted by atomic mass is 31.1. The molecule has 0 N–H and O–H groups in total. The highest BCUT2D eigenvalue weighted by Crippen LogP contribution is 2.56. The fourth-order valence-corrected chi connectivity index (χ4v) is 11.1. The van der Waals surface area contributed by atoms with Gasteiger partial charge in [0, 0.05) is 19.9 Å². The maximum atomic E-state index is 6.11. The van der Waals surface area contributed by atoms with Crippen LogP contribution in [0.1, 0.15) is 71.3 Å². The van der Waals surface area contributed by atoms with Crippen molar-refractivity contribution in [2.24, 2.45) is 23.7 Å². The van der Waals surface area contributed by atoms with Gasteiger partial charge >= 0.3 is 0 Å². The van der Waals surface area contributed by atoms with Crippen molar-refractivity contribution in [3.05, 3.63) is 78.4 Å². The number of hydrogen-bond donors (Lipinski definition) is 0. The third-order valence-electron chi connectivity index (χ3n) is 10.5. The van der Waals surface area contributed by atoms with E-state index in [9.17, 15) is 0 Å². The Hall–Kier alpha value is -2.19. The van der Waals surface area contributed by atoms with E-state index in [0.29, 0.717) is 47.5 Å². The van der Waals surface area contributed by atoms with Crippen molar-refractivity contribution in [1.29, 1.82) is 0 Å². The van der Waals surface area contributed by atoms with Gasteiger partial charge in [0.15, 0.2) is 0 Å². The number of ether oxygens (including phenoxy) is 3. The second kappa shape index (κ2) is 14.7. The zero-order chi connectivity index (χ0) is 30.5. The van der Waals surface area contributed by atoms with Crippen molar-refractivity contribution in [1.82, 2.24) is 0 Å². The molecule has 0 radical (unpaired) electrons. The maximum Gasteiger partial charge on any atom is 0.119 e. The molecule has 0 saturated heterocycles. The normalized spacial score (nSPS) is 28.2. The molecule has 6 atom stereocenters. The Balaban J connectivity index is 1.57. The molecule has 0 heterocycles. The average Bonchev–Trinajstić information content (AvgIpc) is 3.04. The van der Waals surface area contributed by atoms with Gasteiger partial charge in [0.1, 0.15) is 5.75 Å². The van der Waals surface area contributed by atoms with Gasteiger partial charge in [-0.15, -0.1) is 8.58 Å². The van der Waals surface area contributed by atoms with E-state index in [0.717, 1.165) is 39.3 Å². The van der Waals surface area contributed by atoms with Crippen molar-refractivity contribution in [3.8, 4) is 28.0 Å². The Morgan fingerprint density at radius 1 is 0.674 bits per heavy atom. The molecule has 0 aromatic heterocycles. The molecule has 6 unspecified atom stereocenters. The number of benzene rings is 3. The fourth-order valence-electron chi connectivity index (χ4n) is 8.16. The maximum absolute atomic E-state index is 6.11. The SMILES string of the molecule is COc1cccc(-c2cccc(-c3ccccc3)c2C2CC(C(C)C)C(PC3CC(OC)CCC3OC)C(C(C)C)C2)c1. The number of methoxy groups -OCH3 is 3. The summed E-state index contributed by atoms with van der Waals surface area (Å²) in [7, 11) is 6.49. The minimum atomic E-state index is 0.363. The van der Waals surface area contributed by atoms with Crippen LogP contribution in [0.3, 0.4) is 0 Å². The van der Waals surface area contributed by atoms with Gasteiger partial charge in [-0.1, -0.05) is 88.4 Å². The molecular weight excluding hydrogens is 547 g/mol. The van der Waals surface area contributed by atoms with Gasteiger partial charge < -0.3 is 14.2 Å². The third kappa shape index (κ3) is 7.22. The smallest absolute Gasteiger partial charge is 0.119 e. The van der Waals surface area contributed by atoms with E-state index in [1.165, 1.54) is 40.7 Å². The summed E-state index contributed by atoms with van der Waals surface area (Å²) in [4.78, 5) is 0. The second-order valence-electron chi connectivity index (χ2n) is 13.6. The predicted octanol–water partition coefficient (Wildman–Crippen LogP) is 10.1. The van der Waals surface area contributed by atoms with Crippen LogP contribution in [0.2, 0.25) is 0 Å². The van der Waals surface area contributed by atoms with E-state index in [2.05, 4.69) is 94.4 Å². The summed E-state index contributed by atoms with van der Waals surface area (Å²) >= 11 is 0. The highest BCUT2D eigenvalue weighted by Gasteiger charge is 2.44. The van der Waals surface area contributed by atoms with Gasteiger partial charge in [0.2, 0.25) is 0 Å². The first kappa shape index (κ1) is 32.2. The lowest BCUT2D eigenvalue weighted by Crippen LogP contribution is -2.43. The summed E-state index contributed by atoms with van der Waals surface area (Å²) in [5.74, 6) is 4.02. The van der Waals surface area contributed by atoms with Gasteiger partial charge in [-0.25, -0.2) is 0 Å². The van der Waals surface area contributed by atoms with Crippen LogP contribution in [0, 0.1) is 23.7 Å². The Labute approximate surface area is 262 Å². The molecule has 0 spiro atoms. The lowest BCUT2D eigenvalue weighted by molar-refractivity contribution is 0.00772. The Bertz CT molecular complexity index is 1290. The molecule has 0 aliphatic heterocycles. The summed E-state index contributed by atoms with van der Waals surface area (Å²) in [6.07, 6.45) is 6.58. The first-order chi connectivity index (χ1) is 20.8. The summed E-state index contributed by atoms with van der Waals surface area (Å²) in [5.41, 5.74) is 8.12. The molecule has 5 rings (SSSR count). The average molecular weight is 601 g/mol. The molecule has 4 heteroatoms. The van der Waals surface area contributed by atoms with E-state index in [1.54, 1.807) is 7.11 Å². The van der Waals surface area contributed by atoms with Gasteiger partial charge in [-0.2, -0.15) is 0 Å². The van der Waals surface area contributed by atoms with Crippen LogP contribution >= 0.6 is 8.58 Å². The highest BCUT2D eigenvalue weighted by molar-refractivity contribution is 7.40. The van der Waals surface area contributed by atoms with Crippen molar-refractivity contribution < 1.29 is 14.2 Å². The van der Waals surface area contributed by atoms with Gasteiger partial charge in [-0.05, 0) is 107 Å². The fraction of sp³-hybridized carbons (Fsp3) is 0.538. The summed E-state index contributed by atoms with van der Waals surface area (Å²) in [5, 5.41) is 0. The van der Waals surface area contributed by atoms with E-state index in [4.69, 9.17) is 14.2 Å². The lowest BCUT2D eigenvalue weighted by Gasteiger charge is -2.49. The molecule has 2 aliphatic rings. The summed E-state index contributed by atoms with van der Waals surface area (Å²) in [6.45, 7) is 9.89. The van der Waals surface area contributed by atoms with Crippen LogP contribution < -0.4 is 4.74 Å². The Morgan fingerprint density at radius 2 is 1.30 bits per heavy atom. The minimum absolute atomic E-state index is 0.363. The van der Waals surface area contributed by atoms with E-state index < -0.39 is 0 Å². The molecule has 2 aliphatic carbocycles. The molecular formula is C39H53O3P. The molecule has 3 aromatic carbocycles. The number of hydrogen-bond acceptors (Lipinski definition) is 3. The molecule has 0 bridgehead atoms. The van der Waals surface area contributed by atoms with Crippen molar-refractivity contribution >= 4 is 8.58 Å². The van der Waals surface area contributed by atoms with Gasteiger partial charge in [-0.3, -0.25) is 0 Å². The first-order valence-electron chi connectivity index (χ1n) is 16.5. The molecule has 0 amide bonds. The topological polar surface area (TPSA) is 27.7 Å². The molecule has 43 heavy (non-hydrogen) atoms. The van der Waals surface area contributed by atoms with Crippen LogP contribution in [0.5, 0.6) is 5.75 Å². The predicted molar refractivity (Wildman–Crippen MR) is 184 cm³/mol. The molecule has 3 nitrogen and oxygen atoms in total. The summed E-state index contributed by atoms with van der Waals surface area (Å²) < 4.78 is 17.7. The molecule has 2 fully saturated rings. The summed E-state index contributed by atoms with van der Waals surface area (Å²) in [6, 6.07) is 26.6. The minimum Gasteiger partial charge on any atom is -0.497 e. The molecule has 232 valence electrons. The van der Waals surface area contributed by atoms with Crippen molar-refractivity contribution in [2.75, 3.05) is 21.3 Å². The van der Waals surface area contributed by atoms with E-state index in [1.807, 2.05) is 20.3 Å². The van der Waals surface area contributed by atoms with Gasteiger partial charge in [0.05, 0.1) is 19.3 Å². The van der Waals surface area contributed by atoms with Crippen LogP contribution in [0.4, 0.5) is 0 Å². The van der Waals surface area contributed by atoms with Crippen LogP contribution in [0.25, 0.3) is 22.3 Å². The van der Waals surface area contributed by atoms with E-state index >= 15 is 0 Å². The molecule has 3 aromatic rings. The zero-order valence-electron chi connectivity index (χ0n) is 27.4. The molecule has 2 saturated carbocycles. The van der Waals surface area contributed by atoms with Crippen molar-refractivity contribution in [2.45, 2.75) is 89.2 Å². The zero-order valence-corrected chi connectivity index (χ0v) is 28.4. The third-order valence-corrected chi connectivity index (χ3v) is 12.8. The van der Waals surface area contributed by atoms with Crippen LogP contribution in [-0.4, -0.2) is 44.9 Å². The number of rotatable bonds is 10. The largest absolute Gasteiger partial charge is 0.497 e. The Morgan fingerprint density at radius 3 is 1.91 bits per heavy atom. The van der Waals surface area contributed by atoms with Crippen LogP contribution in [-0.2, 0) is 9.47 Å². The monoisotopic (exact) mass is 600 g/mol. The Kier molecular flexibility index (Phi) is 11.0. The standard InChI is InChI=1S/C39H53O3P/c1-25(2)34-22-29(23-35(26(3)4)39(34)43-37-24-31(41-6)19-20-36(37)42-7)38-32(27-13-9-8-10-14-27)17-12-18-33(38)28-15-11-16-30(21-28)40-5/h8-18,21,25-26,29,31,34-37,39,43H,19-20,22-24H2,1-7H3. The van der Waals surface area contributed by atoms with E-state index in [-0.39, 0.29) is 0 Å². The van der Waals surface area contributed by atoms with Crippen molar-refractivity contribution in [3.63, 3.8) is 0 Å². The first-order valence-corrected chi connectivity index (χ1v) is 17.6. The van der Waals surface area contributed by atoms with Crippen LogP contribution in [0.15, 0.2) is 72.8 Å².